The summed E-state index contributed by atoms with van der Waals surface area (Å²) in [5.74, 6) is 0.104. The van der Waals surface area contributed by atoms with Crippen molar-refractivity contribution in [1.82, 2.24) is 10.6 Å². The Balaban J connectivity index is 3.31. The van der Waals surface area contributed by atoms with Crippen molar-refractivity contribution in [3.8, 4) is 0 Å². The highest BCUT2D eigenvalue weighted by Gasteiger charge is 1.98. The molecule has 0 radical (unpaired) electrons. The largest absolute Gasteiger partial charge is 0.356 e. The molecule has 0 aliphatic heterocycles. The summed E-state index contributed by atoms with van der Waals surface area (Å²) in [5, 5.41) is 5.94. The molecule has 0 spiro atoms. The van der Waals surface area contributed by atoms with Crippen molar-refractivity contribution in [3.63, 3.8) is 0 Å². The maximum Gasteiger partial charge on any atom is 0.221 e. The first-order valence-electron chi connectivity index (χ1n) is 4.94. The molecule has 0 saturated carbocycles. The number of amides is 1. The van der Waals surface area contributed by atoms with Gasteiger partial charge in [0, 0.05) is 31.6 Å². The van der Waals surface area contributed by atoms with Crippen molar-refractivity contribution in [2.24, 2.45) is 0 Å². The molecule has 0 aliphatic carbocycles. The predicted molar refractivity (Wildman–Crippen MR) is 60.4 cm³/mol. The SMILES string of the molecule is CCCNC(=O)CCNCC(C)=CCl. The minimum absolute atomic E-state index is 0.104. The molecule has 0 unspecified atom stereocenters. The van der Waals surface area contributed by atoms with Gasteiger partial charge >= 0.3 is 0 Å². The van der Waals surface area contributed by atoms with Crippen molar-refractivity contribution in [2.45, 2.75) is 26.7 Å². The van der Waals surface area contributed by atoms with Crippen LogP contribution in [0.1, 0.15) is 26.7 Å². The quantitative estimate of drug-likeness (QED) is 0.638. The van der Waals surface area contributed by atoms with E-state index in [4.69, 9.17) is 11.6 Å². The molecule has 0 heterocycles. The van der Waals surface area contributed by atoms with E-state index in [0.717, 1.165) is 25.1 Å². The van der Waals surface area contributed by atoms with Gasteiger partial charge in [-0.05, 0) is 18.9 Å². The zero-order valence-electron chi connectivity index (χ0n) is 8.90. The van der Waals surface area contributed by atoms with Gasteiger partial charge in [0.15, 0.2) is 0 Å². The van der Waals surface area contributed by atoms with Crippen molar-refractivity contribution < 1.29 is 4.79 Å². The van der Waals surface area contributed by atoms with Gasteiger partial charge in [0.05, 0.1) is 0 Å². The van der Waals surface area contributed by atoms with E-state index in [1.807, 2.05) is 13.8 Å². The molecule has 0 fully saturated rings. The van der Waals surface area contributed by atoms with Crippen LogP contribution in [-0.4, -0.2) is 25.5 Å². The number of hydrogen-bond acceptors (Lipinski definition) is 2. The summed E-state index contributed by atoms with van der Waals surface area (Å²) in [6.45, 7) is 6.17. The zero-order chi connectivity index (χ0) is 10.8. The van der Waals surface area contributed by atoms with Crippen LogP contribution in [0.5, 0.6) is 0 Å². The summed E-state index contributed by atoms with van der Waals surface area (Å²) >= 11 is 5.48. The van der Waals surface area contributed by atoms with Gasteiger partial charge in [-0.15, -0.1) is 0 Å². The fraction of sp³-hybridized carbons (Fsp3) is 0.700. The number of carbonyl (C=O) groups is 1. The van der Waals surface area contributed by atoms with Crippen LogP contribution < -0.4 is 10.6 Å². The fourth-order valence-electron chi connectivity index (χ4n) is 0.879. The van der Waals surface area contributed by atoms with Crippen molar-refractivity contribution in [1.29, 1.82) is 0 Å². The first-order chi connectivity index (χ1) is 6.70. The normalized spacial score (nSPS) is 11.5. The summed E-state index contributed by atoms with van der Waals surface area (Å²) in [6, 6.07) is 0. The third-order valence-electron chi connectivity index (χ3n) is 1.69. The average Bonchev–Trinajstić information content (AvgIpc) is 2.21. The second kappa shape index (κ2) is 9.03. The molecule has 0 rings (SSSR count). The second-order valence-corrected chi connectivity index (χ2v) is 3.45. The lowest BCUT2D eigenvalue weighted by Crippen LogP contribution is -2.28. The molecular weight excluding hydrogens is 200 g/mol. The minimum Gasteiger partial charge on any atom is -0.356 e. The predicted octanol–water partition coefficient (Wildman–Crippen LogP) is 1.63. The van der Waals surface area contributed by atoms with Gasteiger partial charge in [-0.1, -0.05) is 18.5 Å². The summed E-state index contributed by atoms with van der Waals surface area (Å²) in [4.78, 5) is 11.1. The maximum absolute atomic E-state index is 11.1. The summed E-state index contributed by atoms with van der Waals surface area (Å²) in [6.07, 6.45) is 1.50. The lowest BCUT2D eigenvalue weighted by atomic mass is 10.3. The van der Waals surface area contributed by atoms with Crippen LogP contribution in [0.3, 0.4) is 0 Å². The number of nitrogens with one attached hydrogen (secondary N) is 2. The van der Waals surface area contributed by atoms with Gasteiger partial charge in [-0.25, -0.2) is 0 Å². The van der Waals surface area contributed by atoms with Gasteiger partial charge < -0.3 is 10.6 Å². The van der Waals surface area contributed by atoms with Gasteiger partial charge in [-0.2, -0.15) is 0 Å². The number of hydrogen-bond donors (Lipinski definition) is 2. The molecule has 1 amide bonds. The average molecular weight is 219 g/mol. The fourth-order valence-corrected chi connectivity index (χ4v) is 0.956. The summed E-state index contributed by atoms with van der Waals surface area (Å²) in [5.41, 5.74) is 2.62. The molecule has 4 heteroatoms. The van der Waals surface area contributed by atoms with Crippen LogP contribution in [-0.2, 0) is 4.79 Å². The lowest BCUT2D eigenvalue weighted by molar-refractivity contribution is -0.120. The standard InChI is InChI=1S/C10H19ClN2O/c1-3-5-13-10(14)4-6-12-8-9(2)7-11/h7,12H,3-6,8H2,1-2H3,(H,13,14). The molecule has 0 atom stereocenters. The highest BCUT2D eigenvalue weighted by Crippen LogP contribution is 1.91. The molecule has 0 aliphatic rings. The topological polar surface area (TPSA) is 41.1 Å². The molecule has 3 nitrogen and oxygen atoms in total. The molecule has 82 valence electrons. The molecule has 2 N–H and O–H groups in total. The Bertz CT molecular complexity index is 193. The van der Waals surface area contributed by atoms with E-state index in [1.165, 1.54) is 0 Å². The first-order valence-corrected chi connectivity index (χ1v) is 5.37. The Labute approximate surface area is 90.9 Å². The Hall–Kier alpha value is -0.540. The van der Waals surface area contributed by atoms with Gasteiger partial charge in [0.2, 0.25) is 5.91 Å². The molecule has 0 bridgehead atoms. The first kappa shape index (κ1) is 13.5. The Morgan fingerprint density at radius 1 is 1.43 bits per heavy atom. The van der Waals surface area contributed by atoms with E-state index in [-0.39, 0.29) is 5.91 Å². The molecule has 0 saturated heterocycles. The van der Waals surface area contributed by atoms with Crippen LogP contribution in [0.4, 0.5) is 0 Å². The lowest BCUT2D eigenvalue weighted by Gasteiger charge is -2.05. The van der Waals surface area contributed by atoms with Crippen LogP contribution in [0, 0.1) is 0 Å². The molecule has 0 aromatic carbocycles. The van der Waals surface area contributed by atoms with Crippen molar-refractivity contribution in [3.05, 3.63) is 11.1 Å². The zero-order valence-corrected chi connectivity index (χ0v) is 9.66. The van der Waals surface area contributed by atoms with E-state index >= 15 is 0 Å². The van der Waals surface area contributed by atoms with Crippen LogP contribution >= 0.6 is 11.6 Å². The van der Waals surface area contributed by atoms with Gasteiger partial charge in [0.25, 0.3) is 0 Å². The second-order valence-electron chi connectivity index (χ2n) is 3.23. The Morgan fingerprint density at radius 2 is 2.14 bits per heavy atom. The van der Waals surface area contributed by atoms with Gasteiger partial charge in [-0.3, -0.25) is 4.79 Å². The number of carbonyl (C=O) groups excluding carboxylic acids is 1. The maximum atomic E-state index is 11.1. The van der Waals surface area contributed by atoms with Crippen LogP contribution in [0.15, 0.2) is 11.1 Å². The van der Waals surface area contributed by atoms with Crippen molar-refractivity contribution in [2.75, 3.05) is 19.6 Å². The van der Waals surface area contributed by atoms with Crippen molar-refractivity contribution >= 4 is 17.5 Å². The molecular formula is C10H19ClN2O. The third kappa shape index (κ3) is 8.08. The highest BCUT2D eigenvalue weighted by atomic mass is 35.5. The highest BCUT2D eigenvalue weighted by molar-refractivity contribution is 6.25. The number of halogens is 1. The minimum atomic E-state index is 0.104. The third-order valence-corrected chi connectivity index (χ3v) is 2.06. The Morgan fingerprint density at radius 3 is 2.71 bits per heavy atom. The monoisotopic (exact) mass is 218 g/mol. The molecule has 0 aromatic heterocycles. The van der Waals surface area contributed by atoms with E-state index < -0.39 is 0 Å². The van der Waals surface area contributed by atoms with Crippen LogP contribution in [0.2, 0.25) is 0 Å². The van der Waals surface area contributed by atoms with E-state index in [2.05, 4.69) is 10.6 Å². The summed E-state index contributed by atoms with van der Waals surface area (Å²) < 4.78 is 0. The van der Waals surface area contributed by atoms with Crippen LogP contribution in [0.25, 0.3) is 0 Å². The Kier molecular flexibility index (Phi) is 8.68. The van der Waals surface area contributed by atoms with E-state index in [9.17, 15) is 4.79 Å². The summed E-state index contributed by atoms with van der Waals surface area (Å²) in [7, 11) is 0. The number of rotatable bonds is 7. The van der Waals surface area contributed by atoms with E-state index in [1.54, 1.807) is 5.54 Å². The van der Waals surface area contributed by atoms with E-state index in [0.29, 0.717) is 13.0 Å². The molecule has 14 heavy (non-hydrogen) atoms. The smallest absolute Gasteiger partial charge is 0.221 e. The van der Waals surface area contributed by atoms with Gasteiger partial charge in [0.1, 0.15) is 0 Å². The molecule has 0 aromatic rings.